The Morgan fingerprint density at radius 3 is 2.89 bits per heavy atom. The molecule has 2 rings (SSSR count). The highest BCUT2D eigenvalue weighted by Crippen LogP contribution is 2.26. The van der Waals surface area contributed by atoms with Crippen molar-refractivity contribution in [2.45, 2.75) is 19.9 Å². The van der Waals surface area contributed by atoms with Crippen LogP contribution in [0, 0.1) is 0 Å². The summed E-state index contributed by atoms with van der Waals surface area (Å²) in [5.74, 6) is 2.66. The Hall–Kier alpha value is -2.31. The zero-order valence-electron chi connectivity index (χ0n) is 10.3. The Bertz CT molecular complexity index is 526. The van der Waals surface area contributed by atoms with E-state index in [0.717, 1.165) is 12.2 Å². The van der Waals surface area contributed by atoms with E-state index in [9.17, 15) is 0 Å². The fourth-order valence-electron chi connectivity index (χ4n) is 1.47. The number of hydrogen-bond acceptors (Lipinski definition) is 7. The minimum absolute atomic E-state index is 0.289. The van der Waals surface area contributed by atoms with Crippen molar-refractivity contribution in [3.8, 4) is 5.75 Å². The Kier molecular flexibility index (Phi) is 3.61. The van der Waals surface area contributed by atoms with Crippen molar-refractivity contribution in [3.05, 3.63) is 24.2 Å². The van der Waals surface area contributed by atoms with Gasteiger partial charge in [-0.25, -0.2) is 15.0 Å². The third-order valence-corrected chi connectivity index (χ3v) is 2.39. The summed E-state index contributed by atoms with van der Waals surface area (Å²) < 4.78 is 10.6. The quantitative estimate of drug-likeness (QED) is 0.822. The van der Waals surface area contributed by atoms with Crippen LogP contribution in [-0.4, -0.2) is 22.1 Å². The lowest BCUT2D eigenvalue weighted by Gasteiger charge is -2.09. The van der Waals surface area contributed by atoms with Gasteiger partial charge >= 0.3 is 0 Å². The van der Waals surface area contributed by atoms with Gasteiger partial charge in [-0.15, -0.1) is 0 Å². The van der Waals surface area contributed by atoms with Crippen molar-refractivity contribution < 1.29 is 9.15 Å². The fraction of sp³-hybridized carbons (Fsp3) is 0.364. The number of nitrogens with two attached hydrogens (primary N) is 1. The molecule has 7 nitrogen and oxygen atoms in total. The molecule has 0 bridgehead atoms. The summed E-state index contributed by atoms with van der Waals surface area (Å²) >= 11 is 0. The van der Waals surface area contributed by atoms with Crippen molar-refractivity contribution in [1.29, 1.82) is 0 Å². The normalized spacial score (nSPS) is 10.3. The van der Waals surface area contributed by atoms with E-state index in [2.05, 4.69) is 20.3 Å². The molecule has 0 aliphatic rings. The molecule has 0 saturated carbocycles. The monoisotopic (exact) mass is 249 g/mol. The number of anilines is 2. The first kappa shape index (κ1) is 12.2. The van der Waals surface area contributed by atoms with Crippen LogP contribution >= 0.6 is 0 Å². The molecule has 0 amide bonds. The van der Waals surface area contributed by atoms with Crippen molar-refractivity contribution >= 4 is 11.6 Å². The number of oxazole rings is 1. The number of aromatic nitrogens is 3. The van der Waals surface area contributed by atoms with Crippen LogP contribution in [0.25, 0.3) is 0 Å². The average Bonchev–Trinajstić information content (AvgIpc) is 2.84. The number of hydrogen-bond donors (Lipinski definition) is 2. The Morgan fingerprint density at radius 2 is 2.22 bits per heavy atom. The molecule has 0 spiro atoms. The van der Waals surface area contributed by atoms with Gasteiger partial charge in [0.2, 0.25) is 11.6 Å². The van der Waals surface area contributed by atoms with Gasteiger partial charge in [0.25, 0.3) is 0 Å². The molecule has 7 heteroatoms. The van der Waals surface area contributed by atoms with Crippen LogP contribution in [0.15, 0.2) is 16.9 Å². The van der Waals surface area contributed by atoms with E-state index in [1.54, 1.807) is 6.20 Å². The predicted octanol–water partition coefficient (Wildman–Crippen LogP) is 1.23. The first-order valence-electron chi connectivity index (χ1n) is 5.56. The van der Waals surface area contributed by atoms with Gasteiger partial charge in [0, 0.05) is 6.42 Å². The maximum absolute atomic E-state index is 5.67. The number of aryl methyl sites for hydroxylation is 1. The summed E-state index contributed by atoms with van der Waals surface area (Å²) in [5, 5.41) is 3.05. The standard InChI is InChI=1S/C11H15N5O2/c1-3-7-4-13-8(18-7)5-14-11-9(17-2)10(12)15-6-16-11/h4,6H,3,5H2,1-2H3,(H3,12,14,15,16). The lowest BCUT2D eigenvalue weighted by molar-refractivity contribution is 0.414. The molecule has 0 radical (unpaired) electrons. The summed E-state index contributed by atoms with van der Waals surface area (Å²) in [6, 6.07) is 0. The van der Waals surface area contributed by atoms with E-state index in [-0.39, 0.29) is 5.82 Å². The predicted molar refractivity (Wildman–Crippen MR) is 66.2 cm³/mol. The number of methoxy groups -OCH3 is 1. The minimum Gasteiger partial charge on any atom is -0.490 e. The van der Waals surface area contributed by atoms with Gasteiger partial charge in [-0.2, -0.15) is 0 Å². The van der Waals surface area contributed by atoms with E-state index in [4.69, 9.17) is 14.9 Å². The number of nitrogen functional groups attached to an aromatic ring is 1. The van der Waals surface area contributed by atoms with Crippen LogP contribution < -0.4 is 15.8 Å². The fourth-order valence-corrected chi connectivity index (χ4v) is 1.47. The summed E-state index contributed by atoms with van der Waals surface area (Å²) in [5.41, 5.74) is 5.67. The van der Waals surface area contributed by atoms with Gasteiger partial charge in [0.1, 0.15) is 12.1 Å². The third-order valence-electron chi connectivity index (χ3n) is 2.39. The summed E-state index contributed by atoms with van der Waals surface area (Å²) in [6.07, 6.45) is 3.90. The number of nitrogens with zero attached hydrogens (tertiary/aromatic N) is 3. The lowest BCUT2D eigenvalue weighted by Crippen LogP contribution is -2.06. The second-order valence-electron chi connectivity index (χ2n) is 3.57. The molecule has 2 aromatic heterocycles. The van der Waals surface area contributed by atoms with Crippen LogP contribution in [0.2, 0.25) is 0 Å². The van der Waals surface area contributed by atoms with Crippen LogP contribution in [0.4, 0.5) is 11.6 Å². The highest BCUT2D eigenvalue weighted by atomic mass is 16.5. The Labute approximate surface area is 104 Å². The molecule has 0 saturated heterocycles. The molecule has 0 unspecified atom stereocenters. The van der Waals surface area contributed by atoms with Gasteiger partial charge in [0.05, 0.1) is 19.9 Å². The largest absolute Gasteiger partial charge is 0.490 e. The van der Waals surface area contributed by atoms with Gasteiger partial charge < -0.3 is 20.2 Å². The SMILES string of the molecule is CCc1cnc(CNc2ncnc(N)c2OC)o1. The highest BCUT2D eigenvalue weighted by Gasteiger charge is 2.10. The summed E-state index contributed by atoms with van der Waals surface area (Å²) in [4.78, 5) is 12.0. The topological polar surface area (TPSA) is 99.1 Å². The Balaban J connectivity index is 2.08. The van der Waals surface area contributed by atoms with Gasteiger partial charge in [0.15, 0.2) is 11.6 Å². The smallest absolute Gasteiger partial charge is 0.213 e. The van der Waals surface area contributed by atoms with E-state index in [0.29, 0.717) is 24.0 Å². The van der Waals surface area contributed by atoms with Gasteiger partial charge in [-0.3, -0.25) is 0 Å². The second-order valence-corrected chi connectivity index (χ2v) is 3.57. The lowest BCUT2D eigenvalue weighted by atomic mass is 10.4. The van der Waals surface area contributed by atoms with Gasteiger partial charge in [-0.05, 0) is 0 Å². The number of nitrogens with one attached hydrogen (secondary N) is 1. The first-order chi connectivity index (χ1) is 8.74. The molecule has 0 fully saturated rings. The van der Waals surface area contributed by atoms with E-state index in [1.165, 1.54) is 13.4 Å². The van der Waals surface area contributed by atoms with E-state index in [1.807, 2.05) is 6.92 Å². The van der Waals surface area contributed by atoms with Crippen molar-refractivity contribution in [2.75, 3.05) is 18.2 Å². The molecule has 0 atom stereocenters. The van der Waals surface area contributed by atoms with Crippen molar-refractivity contribution in [1.82, 2.24) is 15.0 Å². The van der Waals surface area contributed by atoms with Crippen LogP contribution in [-0.2, 0) is 13.0 Å². The molecule has 0 aromatic carbocycles. The second kappa shape index (κ2) is 5.35. The average molecular weight is 249 g/mol. The molecular formula is C11H15N5O2. The third kappa shape index (κ3) is 2.50. The molecule has 2 aromatic rings. The maximum atomic E-state index is 5.67. The van der Waals surface area contributed by atoms with Crippen LogP contribution in [0.1, 0.15) is 18.6 Å². The molecule has 3 N–H and O–H groups in total. The minimum atomic E-state index is 0.289. The maximum Gasteiger partial charge on any atom is 0.213 e. The Morgan fingerprint density at radius 1 is 1.39 bits per heavy atom. The van der Waals surface area contributed by atoms with E-state index >= 15 is 0 Å². The summed E-state index contributed by atoms with van der Waals surface area (Å²) in [7, 11) is 1.51. The molecule has 96 valence electrons. The zero-order chi connectivity index (χ0) is 13.0. The molecular weight excluding hydrogens is 234 g/mol. The van der Waals surface area contributed by atoms with Crippen molar-refractivity contribution in [2.24, 2.45) is 0 Å². The number of rotatable bonds is 5. The van der Waals surface area contributed by atoms with Crippen molar-refractivity contribution in [3.63, 3.8) is 0 Å². The van der Waals surface area contributed by atoms with Crippen LogP contribution in [0.5, 0.6) is 5.75 Å². The molecule has 18 heavy (non-hydrogen) atoms. The number of ether oxygens (including phenoxy) is 1. The van der Waals surface area contributed by atoms with E-state index < -0.39 is 0 Å². The molecule has 2 heterocycles. The van der Waals surface area contributed by atoms with Crippen LogP contribution in [0.3, 0.4) is 0 Å². The van der Waals surface area contributed by atoms with Gasteiger partial charge in [-0.1, -0.05) is 6.92 Å². The zero-order valence-corrected chi connectivity index (χ0v) is 10.3. The summed E-state index contributed by atoms with van der Waals surface area (Å²) in [6.45, 7) is 2.42. The first-order valence-corrected chi connectivity index (χ1v) is 5.56. The highest BCUT2D eigenvalue weighted by molar-refractivity contribution is 5.61. The molecule has 0 aliphatic carbocycles. The molecule has 0 aliphatic heterocycles.